The van der Waals surface area contributed by atoms with E-state index in [1.54, 1.807) is 18.2 Å². The molecule has 0 fully saturated rings. The second-order valence-corrected chi connectivity index (χ2v) is 9.33. The SMILES string of the molecule is CCn1c(SCC(=O)Nc2cc(C(=O)OC)cc(C(=O)OC)c2)nnc1C(C)Oc1cc(Cl)ccc1Cl. The van der Waals surface area contributed by atoms with Crippen LogP contribution in [0.2, 0.25) is 10.0 Å². The number of nitrogens with zero attached hydrogens (tertiary/aromatic N) is 3. The summed E-state index contributed by atoms with van der Waals surface area (Å²) in [5.74, 6) is -0.741. The fourth-order valence-electron chi connectivity index (χ4n) is 3.31. The highest BCUT2D eigenvalue weighted by Crippen LogP contribution is 2.32. The van der Waals surface area contributed by atoms with Gasteiger partial charge in [-0.1, -0.05) is 35.0 Å². The zero-order valence-corrected chi connectivity index (χ0v) is 22.7. The highest BCUT2D eigenvalue weighted by molar-refractivity contribution is 7.99. The van der Waals surface area contributed by atoms with E-state index in [9.17, 15) is 14.4 Å². The van der Waals surface area contributed by atoms with Crippen molar-refractivity contribution in [2.45, 2.75) is 31.7 Å². The summed E-state index contributed by atoms with van der Waals surface area (Å²) < 4.78 is 17.2. The van der Waals surface area contributed by atoms with Gasteiger partial charge in [-0.2, -0.15) is 0 Å². The van der Waals surface area contributed by atoms with Crippen molar-refractivity contribution in [3.05, 3.63) is 63.4 Å². The average Bonchev–Trinajstić information content (AvgIpc) is 3.31. The summed E-state index contributed by atoms with van der Waals surface area (Å²) in [7, 11) is 2.44. The van der Waals surface area contributed by atoms with Crippen molar-refractivity contribution < 1.29 is 28.6 Å². The van der Waals surface area contributed by atoms with Crippen LogP contribution in [0.15, 0.2) is 41.6 Å². The van der Waals surface area contributed by atoms with Gasteiger partial charge in [0.25, 0.3) is 0 Å². The maximum Gasteiger partial charge on any atom is 0.337 e. The molecule has 1 unspecified atom stereocenters. The smallest absolute Gasteiger partial charge is 0.337 e. The quantitative estimate of drug-likeness (QED) is 0.265. The molecule has 0 spiro atoms. The minimum atomic E-state index is -0.658. The predicted octanol–water partition coefficient (Wildman–Crippen LogP) is 5.05. The first-order valence-corrected chi connectivity index (χ1v) is 12.7. The van der Waals surface area contributed by atoms with Crippen LogP contribution in [0.5, 0.6) is 5.75 Å². The zero-order chi connectivity index (χ0) is 27.1. The number of hydrogen-bond acceptors (Lipinski definition) is 9. The lowest BCUT2D eigenvalue weighted by atomic mass is 10.1. The van der Waals surface area contributed by atoms with Gasteiger partial charge < -0.3 is 24.1 Å². The minimum absolute atomic E-state index is 0.0104. The van der Waals surface area contributed by atoms with Crippen LogP contribution in [0.4, 0.5) is 5.69 Å². The van der Waals surface area contributed by atoms with Gasteiger partial charge in [0.2, 0.25) is 5.91 Å². The Balaban J connectivity index is 1.71. The van der Waals surface area contributed by atoms with Crippen molar-refractivity contribution in [2.75, 3.05) is 25.3 Å². The number of ether oxygens (including phenoxy) is 3. The summed E-state index contributed by atoms with van der Waals surface area (Å²) in [4.78, 5) is 36.6. The Morgan fingerprint density at radius 1 is 1.03 bits per heavy atom. The van der Waals surface area contributed by atoms with Crippen molar-refractivity contribution in [1.29, 1.82) is 0 Å². The number of amides is 1. The standard InChI is InChI=1S/C24H24Cl2N4O6S/c1-5-30-21(13(2)36-19-11-16(25)6-7-18(19)26)28-29-24(30)37-12-20(31)27-17-9-14(22(32)34-3)8-15(10-17)23(33)35-4/h6-11,13H,5,12H2,1-4H3,(H,27,31). The van der Waals surface area contributed by atoms with Crippen molar-refractivity contribution in [3.8, 4) is 5.75 Å². The van der Waals surface area contributed by atoms with Gasteiger partial charge in [0.05, 0.1) is 36.1 Å². The van der Waals surface area contributed by atoms with E-state index in [2.05, 4.69) is 15.5 Å². The molecule has 1 heterocycles. The second-order valence-electron chi connectivity index (χ2n) is 7.54. The Labute approximate surface area is 227 Å². The first-order valence-electron chi connectivity index (χ1n) is 11.0. The van der Waals surface area contributed by atoms with Crippen molar-refractivity contribution in [2.24, 2.45) is 0 Å². The van der Waals surface area contributed by atoms with Crippen molar-refractivity contribution in [1.82, 2.24) is 14.8 Å². The molecule has 3 aromatic rings. The van der Waals surface area contributed by atoms with Gasteiger partial charge in [0.15, 0.2) is 17.1 Å². The number of halogens is 2. The molecular formula is C24H24Cl2N4O6S. The lowest BCUT2D eigenvalue weighted by molar-refractivity contribution is -0.113. The second kappa shape index (κ2) is 12.8. The van der Waals surface area contributed by atoms with E-state index in [1.807, 2.05) is 18.4 Å². The molecule has 2 aromatic carbocycles. The van der Waals surface area contributed by atoms with Gasteiger partial charge in [0, 0.05) is 23.3 Å². The zero-order valence-electron chi connectivity index (χ0n) is 20.4. The number of carbonyl (C=O) groups excluding carboxylic acids is 3. The van der Waals surface area contributed by atoms with E-state index in [0.717, 1.165) is 0 Å². The summed E-state index contributed by atoms with van der Waals surface area (Å²) in [6.07, 6.45) is -0.496. The maximum absolute atomic E-state index is 12.7. The molecule has 13 heteroatoms. The highest BCUT2D eigenvalue weighted by atomic mass is 35.5. The summed E-state index contributed by atoms with van der Waals surface area (Å²) in [5.41, 5.74) is 0.432. The number of carbonyl (C=O) groups is 3. The Morgan fingerprint density at radius 3 is 2.27 bits per heavy atom. The molecule has 37 heavy (non-hydrogen) atoms. The molecule has 0 radical (unpaired) electrons. The number of benzene rings is 2. The lowest BCUT2D eigenvalue weighted by Gasteiger charge is -2.16. The number of thioether (sulfide) groups is 1. The Bertz CT molecular complexity index is 1280. The molecule has 0 aliphatic heterocycles. The largest absolute Gasteiger partial charge is 0.481 e. The molecule has 0 saturated carbocycles. The third-order valence-corrected chi connectivity index (χ3v) is 6.53. The van der Waals surface area contributed by atoms with Gasteiger partial charge in [-0.3, -0.25) is 4.79 Å². The highest BCUT2D eigenvalue weighted by Gasteiger charge is 2.21. The van der Waals surface area contributed by atoms with Gasteiger partial charge in [-0.15, -0.1) is 10.2 Å². The van der Waals surface area contributed by atoms with Crippen LogP contribution in [0, 0.1) is 0 Å². The third-order valence-electron chi connectivity index (χ3n) is 5.01. The van der Waals surface area contributed by atoms with E-state index < -0.39 is 18.0 Å². The molecular weight excluding hydrogens is 543 g/mol. The Hall–Kier alpha value is -3.28. The molecule has 0 aliphatic carbocycles. The summed E-state index contributed by atoms with van der Waals surface area (Å²) in [6, 6.07) is 9.07. The number of nitrogens with one attached hydrogen (secondary N) is 1. The number of aromatic nitrogens is 3. The van der Waals surface area contributed by atoms with E-state index >= 15 is 0 Å². The van der Waals surface area contributed by atoms with E-state index in [1.165, 1.54) is 44.2 Å². The molecule has 1 N–H and O–H groups in total. The van der Waals surface area contributed by atoms with Crippen LogP contribution in [0.1, 0.15) is 46.5 Å². The van der Waals surface area contributed by atoms with Crippen LogP contribution in [0.25, 0.3) is 0 Å². The van der Waals surface area contributed by atoms with Gasteiger partial charge in [-0.25, -0.2) is 9.59 Å². The van der Waals surface area contributed by atoms with Gasteiger partial charge in [0.1, 0.15) is 5.75 Å². The third kappa shape index (κ3) is 7.15. The number of anilines is 1. The monoisotopic (exact) mass is 566 g/mol. The first-order chi connectivity index (χ1) is 17.7. The molecule has 3 rings (SSSR count). The Morgan fingerprint density at radius 2 is 1.68 bits per heavy atom. The van der Waals surface area contributed by atoms with E-state index in [4.69, 9.17) is 37.4 Å². The molecule has 1 atom stereocenters. The van der Waals surface area contributed by atoms with Crippen LogP contribution >= 0.6 is 35.0 Å². The molecule has 0 aliphatic rings. The number of rotatable bonds is 10. The Kier molecular flexibility index (Phi) is 9.79. The van der Waals surface area contributed by atoms with Gasteiger partial charge in [-0.05, 0) is 44.2 Å². The number of methoxy groups -OCH3 is 2. The van der Waals surface area contributed by atoms with Crippen LogP contribution in [0.3, 0.4) is 0 Å². The summed E-state index contributed by atoms with van der Waals surface area (Å²) in [5, 5.41) is 12.5. The van der Waals surface area contributed by atoms with E-state index in [0.29, 0.717) is 33.3 Å². The summed E-state index contributed by atoms with van der Waals surface area (Å²) in [6.45, 7) is 4.26. The number of hydrogen-bond donors (Lipinski definition) is 1. The predicted molar refractivity (Wildman–Crippen MR) is 140 cm³/mol. The summed E-state index contributed by atoms with van der Waals surface area (Å²) >= 11 is 13.4. The normalized spacial score (nSPS) is 11.5. The average molecular weight is 567 g/mol. The van der Waals surface area contributed by atoms with Crippen LogP contribution in [-0.2, 0) is 20.8 Å². The molecule has 1 aromatic heterocycles. The topological polar surface area (TPSA) is 122 Å². The van der Waals surface area contributed by atoms with Crippen molar-refractivity contribution >= 4 is 58.5 Å². The van der Waals surface area contributed by atoms with Crippen LogP contribution in [-0.4, -0.2) is 52.6 Å². The minimum Gasteiger partial charge on any atom is -0.481 e. The molecule has 1 amide bonds. The molecule has 0 saturated heterocycles. The van der Waals surface area contributed by atoms with Crippen LogP contribution < -0.4 is 10.1 Å². The molecule has 10 nitrogen and oxygen atoms in total. The first kappa shape index (κ1) is 28.3. The van der Waals surface area contributed by atoms with E-state index in [-0.39, 0.29) is 28.5 Å². The number of esters is 2. The molecule has 0 bridgehead atoms. The lowest BCUT2D eigenvalue weighted by Crippen LogP contribution is -2.17. The van der Waals surface area contributed by atoms with Gasteiger partial charge >= 0.3 is 11.9 Å². The van der Waals surface area contributed by atoms with Crippen molar-refractivity contribution in [3.63, 3.8) is 0 Å². The maximum atomic E-state index is 12.7. The molecule has 196 valence electrons. The fraction of sp³-hybridized carbons (Fsp3) is 0.292. The fourth-order valence-corrected chi connectivity index (χ4v) is 4.45.